The molecule has 0 unspecified atom stereocenters. The summed E-state index contributed by atoms with van der Waals surface area (Å²) in [6.45, 7) is 0.526. The van der Waals surface area contributed by atoms with Gasteiger partial charge >= 0.3 is 0 Å². The Morgan fingerprint density at radius 1 is 1.17 bits per heavy atom. The Hall–Kier alpha value is -2.11. The number of nitrogens with zero attached hydrogens (tertiary/aromatic N) is 2. The zero-order chi connectivity index (χ0) is 16.1. The molecule has 5 heteroatoms. The van der Waals surface area contributed by atoms with Crippen LogP contribution in [0.5, 0.6) is 0 Å². The van der Waals surface area contributed by atoms with Crippen molar-refractivity contribution in [3.05, 3.63) is 71.1 Å². The van der Waals surface area contributed by atoms with Crippen LogP contribution in [-0.4, -0.2) is 22.8 Å². The third-order valence-electron chi connectivity index (χ3n) is 3.24. The molecule has 0 N–H and O–H groups in total. The summed E-state index contributed by atoms with van der Waals surface area (Å²) in [6.07, 6.45) is 1.60. The van der Waals surface area contributed by atoms with Crippen LogP contribution in [0.1, 0.15) is 5.01 Å². The molecular weight excluding hydrogens is 324 g/mol. The molecule has 0 aliphatic rings. The van der Waals surface area contributed by atoms with Crippen LogP contribution < -0.4 is 0 Å². The molecule has 1 amide bonds. The SMILES string of the molecule is CN(Cc1nc2ccccc2s1)C(=O)/C=C/Sc1ccccc1. The lowest BCUT2D eigenvalue weighted by molar-refractivity contribution is -0.125. The van der Waals surface area contributed by atoms with Crippen LogP contribution in [0, 0.1) is 0 Å². The predicted octanol–water partition coefficient (Wildman–Crippen LogP) is 4.56. The minimum atomic E-state index is -0.0207. The van der Waals surface area contributed by atoms with E-state index in [0.29, 0.717) is 6.54 Å². The molecule has 0 aliphatic heterocycles. The second-order valence-electron chi connectivity index (χ2n) is 5.00. The number of aromatic nitrogens is 1. The lowest BCUT2D eigenvalue weighted by Gasteiger charge is -2.12. The third kappa shape index (κ3) is 4.21. The van der Waals surface area contributed by atoms with Gasteiger partial charge in [0, 0.05) is 18.0 Å². The largest absolute Gasteiger partial charge is 0.335 e. The highest BCUT2D eigenvalue weighted by Crippen LogP contribution is 2.22. The molecular formula is C18H16N2OS2. The molecule has 0 radical (unpaired) electrons. The first-order chi connectivity index (χ1) is 11.2. The van der Waals surface area contributed by atoms with E-state index >= 15 is 0 Å². The molecule has 3 rings (SSSR count). The summed E-state index contributed by atoms with van der Waals surface area (Å²) in [6, 6.07) is 18.0. The van der Waals surface area contributed by atoms with Gasteiger partial charge in [-0.05, 0) is 29.7 Å². The zero-order valence-electron chi connectivity index (χ0n) is 12.7. The van der Waals surface area contributed by atoms with Crippen LogP contribution in [0.2, 0.25) is 0 Å². The van der Waals surface area contributed by atoms with E-state index in [2.05, 4.69) is 11.1 Å². The molecule has 1 heterocycles. The molecule has 0 spiro atoms. The number of carbonyl (C=O) groups is 1. The molecule has 23 heavy (non-hydrogen) atoms. The van der Waals surface area contributed by atoms with E-state index in [9.17, 15) is 4.79 Å². The standard InChI is InChI=1S/C18H16N2OS2/c1-20(13-17-19-15-9-5-6-10-16(15)23-17)18(21)11-12-22-14-7-3-2-4-8-14/h2-12H,13H2,1H3/b12-11+. The molecule has 0 atom stereocenters. The molecule has 0 saturated heterocycles. The lowest BCUT2D eigenvalue weighted by Crippen LogP contribution is -2.23. The van der Waals surface area contributed by atoms with Crippen molar-refractivity contribution < 1.29 is 4.79 Å². The van der Waals surface area contributed by atoms with E-state index in [4.69, 9.17) is 0 Å². The van der Waals surface area contributed by atoms with Crippen molar-refractivity contribution in [3.8, 4) is 0 Å². The average molecular weight is 340 g/mol. The van der Waals surface area contributed by atoms with Gasteiger partial charge in [-0.25, -0.2) is 4.98 Å². The summed E-state index contributed by atoms with van der Waals surface area (Å²) in [7, 11) is 1.80. The number of hydrogen-bond acceptors (Lipinski definition) is 4. The van der Waals surface area contributed by atoms with Crippen molar-refractivity contribution in [1.29, 1.82) is 0 Å². The fraction of sp³-hybridized carbons (Fsp3) is 0.111. The molecule has 0 bridgehead atoms. The van der Waals surface area contributed by atoms with Crippen molar-refractivity contribution >= 4 is 39.2 Å². The summed E-state index contributed by atoms with van der Waals surface area (Å²) in [5.41, 5.74) is 0.989. The van der Waals surface area contributed by atoms with Gasteiger partial charge < -0.3 is 4.90 Å². The zero-order valence-corrected chi connectivity index (χ0v) is 14.3. The van der Waals surface area contributed by atoms with Crippen molar-refractivity contribution in [1.82, 2.24) is 9.88 Å². The van der Waals surface area contributed by atoms with Crippen LogP contribution >= 0.6 is 23.1 Å². The normalized spacial score (nSPS) is 11.2. The highest BCUT2D eigenvalue weighted by atomic mass is 32.2. The first-order valence-electron chi connectivity index (χ1n) is 7.20. The summed E-state index contributed by atoms with van der Waals surface area (Å²) in [4.78, 5) is 19.5. The van der Waals surface area contributed by atoms with Gasteiger partial charge in [-0.1, -0.05) is 42.1 Å². The molecule has 3 nitrogen and oxygen atoms in total. The van der Waals surface area contributed by atoms with Gasteiger partial charge in [0.15, 0.2) is 0 Å². The predicted molar refractivity (Wildman–Crippen MR) is 97.5 cm³/mol. The van der Waals surface area contributed by atoms with Gasteiger partial charge in [0.1, 0.15) is 5.01 Å². The molecule has 0 aliphatic carbocycles. The fourth-order valence-electron chi connectivity index (χ4n) is 2.07. The first kappa shape index (κ1) is 15.8. The molecule has 3 aromatic rings. The Bertz CT molecular complexity index is 794. The number of para-hydroxylation sites is 1. The van der Waals surface area contributed by atoms with Crippen molar-refractivity contribution in [2.45, 2.75) is 11.4 Å². The van der Waals surface area contributed by atoms with E-state index < -0.39 is 0 Å². The number of fused-ring (bicyclic) bond motifs is 1. The number of hydrogen-bond donors (Lipinski definition) is 0. The maximum absolute atomic E-state index is 12.2. The average Bonchev–Trinajstić information content (AvgIpc) is 2.98. The second kappa shape index (κ2) is 7.44. The van der Waals surface area contributed by atoms with Gasteiger partial charge in [0.25, 0.3) is 0 Å². The Kier molecular flexibility index (Phi) is 5.10. The van der Waals surface area contributed by atoms with Gasteiger partial charge in [-0.15, -0.1) is 11.3 Å². The number of carbonyl (C=O) groups excluding carboxylic acids is 1. The molecule has 116 valence electrons. The molecule has 2 aromatic carbocycles. The first-order valence-corrected chi connectivity index (χ1v) is 8.90. The van der Waals surface area contributed by atoms with E-state index in [1.54, 1.807) is 29.4 Å². The summed E-state index contributed by atoms with van der Waals surface area (Å²) in [5.74, 6) is -0.0207. The van der Waals surface area contributed by atoms with Crippen LogP contribution in [0.15, 0.2) is 71.0 Å². The number of rotatable bonds is 5. The molecule has 1 aromatic heterocycles. The number of thioether (sulfide) groups is 1. The Labute approximate surface area is 143 Å². The lowest BCUT2D eigenvalue weighted by atomic mass is 10.3. The maximum atomic E-state index is 12.2. The maximum Gasteiger partial charge on any atom is 0.247 e. The quantitative estimate of drug-likeness (QED) is 0.504. The van der Waals surface area contributed by atoms with Gasteiger partial charge in [-0.2, -0.15) is 0 Å². The summed E-state index contributed by atoms with van der Waals surface area (Å²) < 4.78 is 1.15. The highest BCUT2D eigenvalue weighted by Gasteiger charge is 2.09. The topological polar surface area (TPSA) is 33.2 Å². The number of thiazole rings is 1. The minimum Gasteiger partial charge on any atom is -0.335 e. The monoisotopic (exact) mass is 340 g/mol. The number of benzene rings is 2. The Morgan fingerprint density at radius 2 is 1.91 bits per heavy atom. The van der Waals surface area contributed by atoms with Crippen LogP contribution in [0.4, 0.5) is 0 Å². The van der Waals surface area contributed by atoms with Crippen LogP contribution in [0.3, 0.4) is 0 Å². The van der Waals surface area contributed by atoms with Crippen molar-refractivity contribution in [2.75, 3.05) is 7.05 Å². The Morgan fingerprint density at radius 3 is 2.70 bits per heavy atom. The highest BCUT2D eigenvalue weighted by molar-refractivity contribution is 8.02. The van der Waals surface area contributed by atoms with Crippen LogP contribution in [0.25, 0.3) is 10.2 Å². The third-order valence-corrected chi connectivity index (χ3v) is 5.08. The van der Waals surface area contributed by atoms with E-state index in [1.807, 2.05) is 53.9 Å². The molecule has 0 fully saturated rings. The van der Waals surface area contributed by atoms with Gasteiger partial charge in [0.2, 0.25) is 5.91 Å². The smallest absolute Gasteiger partial charge is 0.247 e. The Balaban J connectivity index is 1.58. The number of likely N-dealkylation sites (N-methyl/N-ethyl adjacent to an activating group) is 1. The summed E-state index contributed by atoms with van der Waals surface area (Å²) in [5, 5.41) is 2.78. The van der Waals surface area contributed by atoms with Crippen LogP contribution in [-0.2, 0) is 11.3 Å². The second-order valence-corrected chi connectivity index (χ2v) is 7.10. The number of amides is 1. The van der Waals surface area contributed by atoms with Crippen molar-refractivity contribution in [2.24, 2.45) is 0 Å². The van der Waals surface area contributed by atoms with Crippen molar-refractivity contribution in [3.63, 3.8) is 0 Å². The van der Waals surface area contributed by atoms with Gasteiger partial charge in [0.05, 0.1) is 16.8 Å². The molecule has 0 saturated carbocycles. The summed E-state index contributed by atoms with van der Waals surface area (Å²) >= 11 is 3.16. The fourth-order valence-corrected chi connectivity index (χ4v) is 3.74. The van der Waals surface area contributed by atoms with E-state index in [-0.39, 0.29) is 5.91 Å². The van der Waals surface area contributed by atoms with Gasteiger partial charge in [-0.3, -0.25) is 4.79 Å². The minimum absolute atomic E-state index is 0.0207. The van der Waals surface area contributed by atoms with E-state index in [0.717, 1.165) is 20.1 Å². The van der Waals surface area contributed by atoms with E-state index in [1.165, 1.54) is 11.8 Å².